The second-order valence-corrected chi connectivity index (χ2v) is 15.3. The lowest BCUT2D eigenvalue weighted by Crippen LogP contribution is -2.42. The maximum atomic E-state index is 14.5. The number of carbonyl (C=O) groups excluding carboxylic acids is 1. The second kappa shape index (κ2) is 11.8. The predicted molar refractivity (Wildman–Crippen MR) is 187 cm³/mol. The van der Waals surface area contributed by atoms with Crippen LogP contribution in [0.2, 0.25) is 0 Å². The van der Waals surface area contributed by atoms with Gasteiger partial charge < -0.3 is 19.9 Å². The number of carboxylic acid groups (broad SMARTS) is 1. The Labute approximate surface area is 285 Å². The van der Waals surface area contributed by atoms with Crippen LogP contribution < -0.4 is 10.1 Å². The van der Waals surface area contributed by atoms with E-state index < -0.39 is 33.7 Å². The van der Waals surface area contributed by atoms with Crippen molar-refractivity contribution in [3.8, 4) is 16.9 Å². The van der Waals surface area contributed by atoms with Crippen LogP contribution in [0.15, 0.2) is 83.9 Å². The first-order valence-electron chi connectivity index (χ1n) is 16.3. The molecule has 0 unspecified atom stereocenters. The summed E-state index contributed by atoms with van der Waals surface area (Å²) in [6.45, 7) is 9.47. The molecule has 0 bridgehead atoms. The summed E-state index contributed by atoms with van der Waals surface area (Å²) in [5.74, 6) is -0.714. The van der Waals surface area contributed by atoms with Crippen LogP contribution in [0.3, 0.4) is 0 Å². The highest BCUT2D eigenvalue weighted by Gasteiger charge is 2.38. The maximum Gasteiger partial charge on any atom is 0.407 e. The molecule has 9 nitrogen and oxygen atoms in total. The number of alkyl carbamates (subject to hydrolysis) is 1. The number of carboxylic acids is 1. The van der Waals surface area contributed by atoms with Crippen molar-refractivity contribution < 1.29 is 32.6 Å². The lowest BCUT2D eigenvalue weighted by Gasteiger charge is -2.19. The van der Waals surface area contributed by atoms with Gasteiger partial charge in [0.1, 0.15) is 24.0 Å². The second-order valence-electron chi connectivity index (χ2n) is 13.6. The van der Waals surface area contributed by atoms with Crippen LogP contribution in [-0.2, 0) is 32.4 Å². The molecule has 0 spiro atoms. The van der Waals surface area contributed by atoms with E-state index in [4.69, 9.17) is 9.47 Å². The Morgan fingerprint density at radius 2 is 1.55 bits per heavy atom. The SMILES string of the molecule is Cc1c(C)c(S(=O)(=O)n2cc(C[C@H](NC(=O)OCC3c4ccccc4-c4ccccc43)C(=O)O)c3ccccc32)c(C)c2c1OC(C)(C)C2. The molecule has 1 atom stereocenters. The fourth-order valence-electron chi connectivity index (χ4n) is 7.51. The molecule has 2 aliphatic rings. The van der Waals surface area contributed by atoms with Gasteiger partial charge in [-0.1, -0.05) is 66.7 Å². The van der Waals surface area contributed by atoms with E-state index in [0.29, 0.717) is 34.0 Å². The van der Waals surface area contributed by atoms with E-state index in [-0.39, 0.29) is 23.8 Å². The first kappa shape index (κ1) is 32.5. The molecule has 49 heavy (non-hydrogen) atoms. The molecule has 0 saturated heterocycles. The van der Waals surface area contributed by atoms with Gasteiger partial charge >= 0.3 is 12.1 Å². The molecule has 252 valence electrons. The van der Waals surface area contributed by atoms with Crippen LogP contribution in [0, 0.1) is 20.8 Å². The van der Waals surface area contributed by atoms with Gasteiger partial charge in [-0.05, 0) is 85.2 Å². The number of fused-ring (bicyclic) bond motifs is 5. The minimum Gasteiger partial charge on any atom is -0.487 e. The zero-order valence-corrected chi connectivity index (χ0v) is 28.9. The highest BCUT2D eigenvalue weighted by atomic mass is 32.2. The van der Waals surface area contributed by atoms with E-state index in [0.717, 1.165) is 39.1 Å². The lowest BCUT2D eigenvalue weighted by molar-refractivity contribution is -0.139. The molecule has 5 aromatic rings. The fourth-order valence-corrected chi connectivity index (χ4v) is 9.44. The van der Waals surface area contributed by atoms with E-state index in [1.807, 2.05) is 76.2 Å². The van der Waals surface area contributed by atoms with E-state index in [9.17, 15) is 23.1 Å². The Bertz CT molecular complexity index is 2240. The molecule has 1 amide bonds. The summed E-state index contributed by atoms with van der Waals surface area (Å²) in [6.07, 6.45) is 1.02. The summed E-state index contributed by atoms with van der Waals surface area (Å²) in [4.78, 5) is 25.8. The van der Waals surface area contributed by atoms with Crippen molar-refractivity contribution >= 4 is 33.0 Å². The van der Waals surface area contributed by atoms with Crippen molar-refractivity contribution in [3.05, 3.63) is 118 Å². The van der Waals surface area contributed by atoms with Gasteiger partial charge in [0.2, 0.25) is 0 Å². The number of nitrogens with one attached hydrogen (secondary N) is 1. The van der Waals surface area contributed by atoms with Crippen molar-refractivity contribution in [1.29, 1.82) is 0 Å². The van der Waals surface area contributed by atoms with Gasteiger partial charge in [0.15, 0.2) is 0 Å². The number of para-hydroxylation sites is 1. The molecule has 1 aromatic heterocycles. The molecule has 1 aliphatic heterocycles. The average Bonchev–Trinajstić information content (AvgIpc) is 3.72. The van der Waals surface area contributed by atoms with E-state index >= 15 is 0 Å². The van der Waals surface area contributed by atoms with E-state index in [1.165, 1.54) is 10.2 Å². The van der Waals surface area contributed by atoms with Gasteiger partial charge in [0.25, 0.3) is 10.0 Å². The Morgan fingerprint density at radius 1 is 0.939 bits per heavy atom. The topological polar surface area (TPSA) is 124 Å². The Morgan fingerprint density at radius 3 is 2.20 bits per heavy atom. The highest BCUT2D eigenvalue weighted by Crippen LogP contribution is 2.46. The number of benzene rings is 4. The third kappa shape index (κ3) is 5.44. The van der Waals surface area contributed by atoms with Crippen LogP contribution >= 0.6 is 0 Å². The van der Waals surface area contributed by atoms with Crippen LogP contribution in [-0.4, -0.2) is 47.8 Å². The van der Waals surface area contributed by atoms with Crippen molar-refractivity contribution in [3.63, 3.8) is 0 Å². The first-order valence-corrected chi connectivity index (χ1v) is 17.7. The van der Waals surface area contributed by atoms with Crippen LogP contribution in [0.1, 0.15) is 58.7 Å². The Hall–Kier alpha value is -5.09. The number of ether oxygens (including phenoxy) is 2. The normalized spacial score (nSPS) is 15.3. The molecule has 2 heterocycles. The molecule has 2 N–H and O–H groups in total. The molecule has 7 rings (SSSR count). The van der Waals surface area contributed by atoms with Crippen molar-refractivity contribution in [2.45, 2.75) is 69.9 Å². The largest absolute Gasteiger partial charge is 0.487 e. The Balaban J connectivity index is 1.16. The smallest absolute Gasteiger partial charge is 0.407 e. The number of aliphatic carboxylic acids is 1. The number of hydrogen-bond acceptors (Lipinski definition) is 6. The van der Waals surface area contributed by atoms with Crippen molar-refractivity contribution in [1.82, 2.24) is 9.29 Å². The third-order valence-corrected chi connectivity index (χ3v) is 11.9. The number of hydrogen-bond donors (Lipinski definition) is 2. The summed E-state index contributed by atoms with van der Waals surface area (Å²) < 4.78 is 42.1. The number of amides is 1. The summed E-state index contributed by atoms with van der Waals surface area (Å²) in [5.41, 5.74) is 7.57. The zero-order valence-electron chi connectivity index (χ0n) is 28.0. The minimum atomic E-state index is -4.13. The molecule has 0 fully saturated rings. The van der Waals surface area contributed by atoms with Gasteiger partial charge in [0, 0.05) is 35.9 Å². The number of carbonyl (C=O) groups is 2. The van der Waals surface area contributed by atoms with Gasteiger partial charge in [-0.15, -0.1) is 0 Å². The van der Waals surface area contributed by atoms with Gasteiger partial charge in [-0.3, -0.25) is 0 Å². The summed E-state index contributed by atoms with van der Waals surface area (Å²) in [6, 6.07) is 21.5. The fraction of sp³-hybridized carbons (Fsp3) is 0.282. The lowest BCUT2D eigenvalue weighted by atomic mass is 9.94. The van der Waals surface area contributed by atoms with Crippen molar-refractivity contribution in [2.24, 2.45) is 0 Å². The number of nitrogens with zero attached hydrogens (tertiary/aromatic N) is 1. The van der Waals surface area contributed by atoms with Crippen molar-refractivity contribution in [2.75, 3.05) is 6.61 Å². The maximum absolute atomic E-state index is 14.5. The quantitative estimate of drug-likeness (QED) is 0.180. The highest BCUT2D eigenvalue weighted by molar-refractivity contribution is 7.90. The summed E-state index contributed by atoms with van der Waals surface area (Å²) in [5, 5.41) is 13.3. The molecule has 0 saturated carbocycles. The van der Waals surface area contributed by atoms with Crippen LogP contribution in [0.4, 0.5) is 4.79 Å². The molecule has 4 aromatic carbocycles. The zero-order chi connectivity index (χ0) is 34.8. The molecule has 10 heteroatoms. The summed E-state index contributed by atoms with van der Waals surface area (Å²) in [7, 11) is -4.13. The predicted octanol–water partition coefficient (Wildman–Crippen LogP) is 7.05. The van der Waals surface area contributed by atoms with Crippen LogP contribution in [0.25, 0.3) is 22.0 Å². The average molecular weight is 679 g/mol. The molecular weight excluding hydrogens is 641 g/mol. The summed E-state index contributed by atoms with van der Waals surface area (Å²) >= 11 is 0. The first-order chi connectivity index (χ1) is 23.3. The van der Waals surface area contributed by atoms with Gasteiger partial charge in [-0.2, -0.15) is 0 Å². The standard InChI is InChI=1S/C39H38N2O7S/c1-22-23(2)36(24(3)31-19-39(4,5)48-35(22)31)49(45,46)41-20-25(26-12-10-11-17-34(26)41)18-33(37(42)43)40-38(44)47-21-32-29-15-8-6-13-27(29)28-14-7-9-16-30(28)32/h6-17,20,32-33H,18-19,21H2,1-5H3,(H,40,44)(H,42,43)/t33-/m0/s1. The number of aromatic nitrogens is 1. The van der Waals surface area contributed by atoms with Gasteiger partial charge in [0.05, 0.1) is 10.4 Å². The Kier molecular flexibility index (Phi) is 7.82. The molecular formula is C39H38N2O7S. The monoisotopic (exact) mass is 678 g/mol. The third-order valence-electron chi connectivity index (χ3n) is 9.93. The van der Waals surface area contributed by atoms with Crippen LogP contribution in [0.5, 0.6) is 5.75 Å². The van der Waals surface area contributed by atoms with Gasteiger partial charge in [-0.25, -0.2) is 22.0 Å². The van der Waals surface area contributed by atoms with E-state index in [1.54, 1.807) is 31.2 Å². The van der Waals surface area contributed by atoms with E-state index in [2.05, 4.69) is 5.32 Å². The molecule has 0 radical (unpaired) electrons. The minimum absolute atomic E-state index is 0.0326. The molecule has 1 aliphatic carbocycles. The number of rotatable bonds is 8.